The minimum Gasteiger partial charge on any atom is -0.550 e. The third-order valence-corrected chi connectivity index (χ3v) is 2.48. The number of rotatable bonds is 10. The van der Waals surface area contributed by atoms with Crippen molar-refractivity contribution in [2.24, 2.45) is 5.73 Å². The van der Waals surface area contributed by atoms with Gasteiger partial charge in [-0.1, -0.05) is 0 Å². The fourth-order valence-electron chi connectivity index (χ4n) is 1.30. The molecule has 0 saturated carbocycles. The van der Waals surface area contributed by atoms with E-state index in [9.17, 15) is 49.2 Å². The molecule has 0 spiro atoms. The van der Waals surface area contributed by atoms with Gasteiger partial charge in [-0.15, -0.1) is 0 Å². The first-order chi connectivity index (χ1) is 12.2. The maximum absolute atomic E-state index is 11.3. The van der Waals surface area contributed by atoms with Crippen LogP contribution in [0, 0.1) is 0 Å². The van der Waals surface area contributed by atoms with Crippen molar-refractivity contribution in [3.05, 3.63) is 0 Å². The average Bonchev–Trinajstić information content (AvgIpc) is 2.51. The Morgan fingerprint density at radius 1 is 0.806 bits per heavy atom. The monoisotopic (exact) mass is 487 g/mol. The SMILES string of the molecule is NCC(=O)O.O=C([O-])CC(CC(=O)[O-])(OC(=O)C(O)C(O)C(=O)[O-])C(=O)[O-].[Na+].[Na+].[Na+].[Na+]. The number of hydrogen-bond donors (Lipinski definition) is 4. The molecule has 19 heteroatoms. The molecule has 31 heavy (non-hydrogen) atoms. The van der Waals surface area contributed by atoms with Gasteiger partial charge in [-0.05, 0) is 0 Å². The molecule has 5 N–H and O–H groups in total. The van der Waals surface area contributed by atoms with Crippen LogP contribution >= 0.6 is 0 Å². The Hall–Kier alpha value is 0.700. The first-order valence-corrected chi connectivity index (χ1v) is 6.53. The predicted molar refractivity (Wildman–Crippen MR) is 66.8 cm³/mol. The molecule has 2 unspecified atom stereocenters. The van der Waals surface area contributed by atoms with Gasteiger partial charge in [-0.2, -0.15) is 0 Å². The third kappa shape index (κ3) is 19.8. The normalized spacial score (nSPS) is 10.9. The Labute approximate surface area is 262 Å². The van der Waals surface area contributed by atoms with Crippen molar-refractivity contribution in [2.75, 3.05) is 6.54 Å². The number of aliphatic carboxylic acids is 5. The van der Waals surface area contributed by atoms with E-state index in [0.717, 1.165) is 0 Å². The molecule has 0 aliphatic carbocycles. The Bertz CT molecular complexity index is 600. The summed E-state index contributed by atoms with van der Waals surface area (Å²) in [7, 11) is 0. The predicted octanol–water partition coefficient (Wildman–Crippen LogP) is -21.2. The second kappa shape index (κ2) is 22.5. The number of carboxylic acids is 5. The molecule has 0 heterocycles. The second-order valence-corrected chi connectivity index (χ2v) is 4.61. The number of ether oxygens (including phenoxy) is 1. The van der Waals surface area contributed by atoms with E-state index in [-0.39, 0.29) is 125 Å². The van der Waals surface area contributed by atoms with Gasteiger partial charge in [0.05, 0.1) is 18.5 Å². The number of nitrogens with two attached hydrogens (primary N) is 1. The quantitative estimate of drug-likeness (QED) is 0.164. The van der Waals surface area contributed by atoms with E-state index in [2.05, 4.69) is 10.5 Å². The van der Waals surface area contributed by atoms with E-state index < -0.39 is 66.5 Å². The zero-order chi connectivity index (χ0) is 21.9. The minimum absolute atomic E-state index is 0. The van der Waals surface area contributed by atoms with Crippen molar-refractivity contribution in [3.8, 4) is 0 Å². The molecule has 0 rings (SSSR count). The Morgan fingerprint density at radius 2 is 1.13 bits per heavy atom. The summed E-state index contributed by atoms with van der Waals surface area (Å²) in [6.45, 7) is -0.278. The van der Waals surface area contributed by atoms with Gasteiger partial charge in [-0.3, -0.25) is 4.79 Å². The van der Waals surface area contributed by atoms with Gasteiger partial charge >= 0.3 is 130 Å². The molecule has 0 aromatic rings. The van der Waals surface area contributed by atoms with Gasteiger partial charge in [0.25, 0.3) is 0 Å². The van der Waals surface area contributed by atoms with Crippen LogP contribution in [-0.4, -0.2) is 75.5 Å². The molecule has 15 nitrogen and oxygen atoms in total. The summed E-state index contributed by atoms with van der Waals surface area (Å²) in [6, 6.07) is 0. The van der Waals surface area contributed by atoms with Crippen LogP contribution in [0.2, 0.25) is 0 Å². The molecule has 0 bridgehead atoms. The van der Waals surface area contributed by atoms with E-state index in [1.165, 1.54) is 0 Å². The van der Waals surface area contributed by atoms with E-state index in [1.807, 2.05) is 0 Å². The molecule has 0 aromatic heterocycles. The van der Waals surface area contributed by atoms with Gasteiger partial charge in [0, 0.05) is 24.8 Å². The third-order valence-electron chi connectivity index (χ3n) is 2.48. The van der Waals surface area contributed by atoms with Gasteiger partial charge < -0.3 is 65.4 Å². The van der Waals surface area contributed by atoms with E-state index in [4.69, 9.17) is 15.3 Å². The summed E-state index contributed by atoms with van der Waals surface area (Å²) in [5.41, 5.74) is 1.24. The molecule has 2 atom stereocenters. The summed E-state index contributed by atoms with van der Waals surface area (Å²) in [4.78, 5) is 62.7. The fraction of sp³-hybridized carbons (Fsp3) is 0.500. The molecular weight excluding hydrogens is 474 g/mol. The molecular formula is C12H13NNa4O14. The van der Waals surface area contributed by atoms with E-state index >= 15 is 0 Å². The largest absolute Gasteiger partial charge is 1.00 e. The molecule has 0 radical (unpaired) electrons. The van der Waals surface area contributed by atoms with E-state index in [1.54, 1.807) is 0 Å². The van der Waals surface area contributed by atoms with Crippen LogP contribution in [-0.2, 0) is 33.5 Å². The summed E-state index contributed by atoms with van der Waals surface area (Å²) >= 11 is 0. The maximum Gasteiger partial charge on any atom is 1.00 e. The summed E-state index contributed by atoms with van der Waals surface area (Å²) in [5.74, 6) is -12.2. The molecule has 0 amide bonds. The van der Waals surface area contributed by atoms with Crippen LogP contribution in [0.15, 0.2) is 0 Å². The van der Waals surface area contributed by atoms with Crippen molar-refractivity contribution < 1.29 is 187 Å². The van der Waals surface area contributed by atoms with Crippen molar-refractivity contribution in [1.29, 1.82) is 0 Å². The molecule has 0 aromatic carbocycles. The number of aliphatic hydroxyl groups excluding tert-OH is 2. The second-order valence-electron chi connectivity index (χ2n) is 4.61. The summed E-state index contributed by atoms with van der Waals surface area (Å²) < 4.78 is 4.01. The van der Waals surface area contributed by atoms with Crippen LogP contribution in [0.5, 0.6) is 0 Å². The van der Waals surface area contributed by atoms with Crippen molar-refractivity contribution in [2.45, 2.75) is 30.7 Å². The Morgan fingerprint density at radius 3 is 1.32 bits per heavy atom. The Balaban J connectivity index is -0.000000155. The zero-order valence-electron chi connectivity index (χ0n) is 17.2. The van der Waals surface area contributed by atoms with Crippen LogP contribution < -0.4 is 144 Å². The summed E-state index contributed by atoms with van der Waals surface area (Å²) in [6.07, 6.45) is -9.09. The standard InChI is InChI=1S/C10H12O12.C2H5NO2.4Na/c11-3(12)1-10(9(20)21,2-4(13)14)22-8(19)6(16)5(15)7(17)18;3-1-2(4)5;;;;/h5-6,15-16H,1-2H2,(H,11,12)(H,13,14)(H,17,18)(H,20,21);1,3H2,(H,4,5);;;;/q;;4*+1/p-4. The molecule has 0 aliphatic rings. The minimum atomic E-state index is -3.33. The molecule has 154 valence electrons. The Kier molecular flexibility index (Phi) is 32.8. The summed E-state index contributed by atoms with van der Waals surface area (Å²) in [5, 5.41) is 67.6. The van der Waals surface area contributed by atoms with E-state index in [0.29, 0.717) is 0 Å². The number of aliphatic hydroxyl groups is 2. The average molecular weight is 487 g/mol. The topological polar surface area (TPSA) is 291 Å². The van der Waals surface area contributed by atoms with Crippen molar-refractivity contribution in [1.82, 2.24) is 0 Å². The van der Waals surface area contributed by atoms with Crippen LogP contribution in [0.3, 0.4) is 0 Å². The number of esters is 1. The van der Waals surface area contributed by atoms with Crippen molar-refractivity contribution in [3.63, 3.8) is 0 Å². The molecule has 0 fully saturated rings. The number of carbonyl (C=O) groups is 6. The molecule has 0 saturated heterocycles. The van der Waals surface area contributed by atoms with Crippen molar-refractivity contribution >= 4 is 35.8 Å². The first-order valence-electron chi connectivity index (χ1n) is 6.53. The van der Waals surface area contributed by atoms with Crippen LogP contribution in [0.1, 0.15) is 12.8 Å². The number of hydrogen-bond acceptors (Lipinski definition) is 14. The first kappa shape index (κ1) is 45.2. The smallest absolute Gasteiger partial charge is 0.550 e. The van der Waals surface area contributed by atoms with Gasteiger partial charge in [0.2, 0.25) is 0 Å². The fourth-order valence-corrected chi connectivity index (χ4v) is 1.30. The van der Waals surface area contributed by atoms with Gasteiger partial charge in [0.1, 0.15) is 6.10 Å². The van der Waals surface area contributed by atoms with Gasteiger partial charge in [0.15, 0.2) is 11.7 Å². The van der Waals surface area contributed by atoms with Gasteiger partial charge in [-0.25, -0.2) is 4.79 Å². The molecule has 0 aliphatic heterocycles. The maximum atomic E-state index is 11.3. The van der Waals surface area contributed by atoms with Crippen LogP contribution in [0.25, 0.3) is 0 Å². The van der Waals surface area contributed by atoms with Crippen LogP contribution in [0.4, 0.5) is 0 Å². The number of carboxylic acid groups (broad SMARTS) is 5. The number of carbonyl (C=O) groups excluding carboxylic acids is 5. The zero-order valence-corrected chi connectivity index (χ0v) is 25.2.